The maximum Gasteiger partial charge on any atom is 0.297 e. The van der Waals surface area contributed by atoms with Crippen molar-refractivity contribution in [1.29, 1.82) is 0 Å². The van der Waals surface area contributed by atoms with Crippen molar-refractivity contribution < 1.29 is 8.42 Å². The average molecular weight is 240 g/mol. The molecule has 0 radical (unpaired) electrons. The summed E-state index contributed by atoms with van der Waals surface area (Å²) in [6.07, 6.45) is 4.30. The third kappa shape index (κ3) is 3.75. The van der Waals surface area contributed by atoms with E-state index in [0.717, 1.165) is 19.3 Å². The first kappa shape index (κ1) is 12.3. The Hall–Kier alpha value is 0.200. The summed E-state index contributed by atoms with van der Waals surface area (Å²) in [5, 5.41) is 0. The van der Waals surface area contributed by atoms with Crippen LogP contribution in [0, 0.1) is 11.8 Å². The molecule has 5 heteroatoms. The fraction of sp³-hybridized carbons (Fsp3) is 1.00. The molecule has 84 valence electrons. The third-order valence-corrected chi connectivity index (χ3v) is 3.82. The van der Waals surface area contributed by atoms with Gasteiger partial charge >= 0.3 is 0 Å². The number of hydrogen-bond donors (Lipinski definition) is 1. The molecule has 0 spiro atoms. The minimum absolute atomic E-state index is 0.0336. The molecule has 1 aliphatic rings. The molecule has 1 N–H and O–H groups in total. The van der Waals surface area contributed by atoms with Gasteiger partial charge in [-0.3, -0.25) is 0 Å². The monoisotopic (exact) mass is 239 g/mol. The average Bonchev–Trinajstić information content (AvgIpc) is 2.01. The van der Waals surface area contributed by atoms with Gasteiger partial charge in [0, 0.05) is 16.7 Å². The molecule has 0 heterocycles. The van der Waals surface area contributed by atoms with Crippen molar-refractivity contribution in [2.75, 3.05) is 0 Å². The minimum atomic E-state index is -3.57. The molecule has 3 nitrogen and oxygen atoms in total. The summed E-state index contributed by atoms with van der Waals surface area (Å²) in [5.41, 5.74) is 0. The van der Waals surface area contributed by atoms with Crippen LogP contribution in [0.4, 0.5) is 0 Å². The lowest BCUT2D eigenvalue weighted by atomic mass is 9.78. The normalized spacial score (nSPS) is 29.4. The molecule has 0 saturated heterocycles. The summed E-state index contributed by atoms with van der Waals surface area (Å²) in [6, 6.07) is 0.0336. The Kier molecular flexibility index (Phi) is 4.22. The standard InChI is InChI=1S/C9H18ClNO2S/c1-7(2)8-5-3-4-6-9(8)11-14(10,12)13/h7-9,11H,3-6H2,1-2H3. The second-order valence-electron chi connectivity index (χ2n) is 4.35. The van der Waals surface area contributed by atoms with Gasteiger partial charge in [-0.05, 0) is 24.7 Å². The van der Waals surface area contributed by atoms with Crippen molar-refractivity contribution in [2.24, 2.45) is 11.8 Å². The molecule has 0 bridgehead atoms. The highest BCUT2D eigenvalue weighted by atomic mass is 35.7. The molecule has 0 aliphatic heterocycles. The number of nitrogens with one attached hydrogen (secondary N) is 1. The maximum atomic E-state index is 10.9. The molecule has 0 aromatic carbocycles. The van der Waals surface area contributed by atoms with Crippen LogP contribution in [0.25, 0.3) is 0 Å². The van der Waals surface area contributed by atoms with Gasteiger partial charge < -0.3 is 0 Å². The number of hydrogen-bond acceptors (Lipinski definition) is 2. The first-order valence-electron chi connectivity index (χ1n) is 5.12. The molecule has 2 atom stereocenters. The molecule has 1 saturated carbocycles. The van der Waals surface area contributed by atoms with Crippen LogP contribution in [0.1, 0.15) is 39.5 Å². The van der Waals surface area contributed by atoms with E-state index in [1.165, 1.54) is 6.42 Å². The molecular formula is C9H18ClNO2S. The van der Waals surface area contributed by atoms with Crippen LogP contribution in [-0.2, 0) is 9.24 Å². The Balaban J connectivity index is 2.63. The van der Waals surface area contributed by atoms with E-state index < -0.39 is 9.24 Å². The first-order valence-corrected chi connectivity index (χ1v) is 7.43. The van der Waals surface area contributed by atoms with Crippen LogP contribution >= 0.6 is 10.7 Å². The van der Waals surface area contributed by atoms with Crippen LogP contribution in [0.15, 0.2) is 0 Å². The molecule has 0 aromatic heterocycles. The summed E-state index contributed by atoms with van der Waals surface area (Å²) in [4.78, 5) is 0. The van der Waals surface area contributed by atoms with Crippen LogP contribution in [0.2, 0.25) is 0 Å². The number of rotatable bonds is 3. The van der Waals surface area contributed by atoms with E-state index in [9.17, 15) is 8.42 Å². The smallest absolute Gasteiger partial charge is 0.199 e. The van der Waals surface area contributed by atoms with E-state index in [1.807, 2.05) is 0 Å². The fourth-order valence-electron chi connectivity index (χ4n) is 2.28. The van der Waals surface area contributed by atoms with Crippen LogP contribution in [-0.4, -0.2) is 14.5 Å². The van der Waals surface area contributed by atoms with E-state index in [-0.39, 0.29) is 6.04 Å². The lowest BCUT2D eigenvalue weighted by molar-refractivity contribution is 0.227. The summed E-state index contributed by atoms with van der Waals surface area (Å²) in [5.74, 6) is 0.934. The van der Waals surface area contributed by atoms with E-state index in [1.54, 1.807) is 0 Å². The van der Waals surface area contributed by atoms with Gasteiger partial charge in [-0.15, -0.1) is 0 Å². The van der Waals surface area contributed by atoms with Crippen molar-refractivity contribution in [3.63, 3.8) is 0 Å². The van der Waals surface area contributed by atoms with Crippen molar-refractivity contribution in [2.45, 2.75) is 45.6 Å². The van der Waals surface area contributed by atoms with E-state index in [2.05, 4.69) is 18.6 Å². The van der Waals surface area contributed by atoms with Crippen molar-refractivity contribution >= 4 is 19.9 Å². The molecule has 1 aliphatic carbocycles. The molecule has 1 fully saturated rings. The fourth-order valence-corrected chi connectivity index (χ4v) is 3.28. The van der Waals surface area contributed by atoms with Gasteiger partial charge in [0.05, 0.1) is 0 Å². The van der Waals surface area contributed by atoms with Crippen LogP contribution in [0.5, 0.6) is 0 Å². The first-order chi connectivity index (χ1) is 6.40. The summed E-state index contributed by atoms with van der Waals surface area (Å²) in [6.45, 7) is 4.26. The van der Waals surface area contributed by atoms with Crippen molar-refractivity contribution in [3.05, 3.63) is 0 Å². The quantitative estimate of drug-likeness (QED) is 0.768. The molecular weight excluding hydrogens is 222 g/mol. The maximum absolute atomic E-state index is 10.9. The molecule has 0 aromatic rings. The number of halogens is 1. The summed E-state index contributed by atoms with van der Waals surface area (Å²) in [7, 11) is 1.63. The topological polar surface area (TPSA) is 46.2 Å². The van der Waals surface area contributed by atoms with Crippen LogP contribution < -0.4 is 4.72 Å². The zero-order valence-electron chi connectivity index (χ0n) is 8.66. The lowest BCUT2D eigenvalue weighted by Gasteiger charge is -2.33. The Morgan fingerprint density at radius 2 is 1.86 bits per heavy atom. The summed E-state index contributed by atoms with van der Waals surface area (Å²) >= 11 is 0. The highest BCUT2D eigenvalue weighted by Crippen LogP contribution is 2.30. The summed E-state index contributed by atoms with van der Waals surface area (Å²) < 4.78 is 24.4. The zero-order chi connectivity index (χ0) is 10.8. The Labute approximate surface area is 90.8 Å². The van der Waals surface area contributed by atoms with E-state index in [4.69, 9.17) is 10.7 Å². The van der Waals surface area contributed by atoms with E-state index in [0.29, 0.717) is 11.8 Å². The van der Waals surface area contributed by atoms with Gasteiger partial charge in [0.2, 0.25) is 0 Å². The van der Waals surface area contributed by atoms with Gasteiger partial charge in [-0.25, -0.2) is 0 Å². The highest BCUT2D eigenvalue weighted by molar-refractivity contribution is 8.12. The van der Waals surface area contributed by atoms with Gasteiger partial charge in [0.1, 0.15) is 0 Å². The Bertz CT molecular complexity index is 277. The molecule has 0 amide bonds. The lowest BCUT2D eigenvalue weighted by Crippen LogP contribution is -2.42. The van der Waals surface area contributed by atoms with Gasteiger partial charge in [-0.1, -0.05) is 26.7 Å². The Morgan fingerprint density at radius 1 is 1.29 bits per heavy atom. The predicted octanol–water partition coefficient (Wildman–Crippen LogP) is 2.27. The van der Waals surface area contributed by atoms with Gasteiger partial charge in [0.15, 0.2) is 0 Å². The second-order valence-corrected chi connectivity index (χ2v) is 6.68. The van der Waals surface area contributed by atoms with Gasteiger partial charge in [0.25, 0.3) is 9.24 Å². The predicted molar refractivity (Wildman–Crippen MR) is 58.5 cm³/mol. The van der Waals surface area contributed by atoms with E-state index >= 15 is 0 Å². The molecule has 14 heavy (non-hydrogen) atoms. The molecule has 2 unspecified atom stereocenters. The zero-order valence-corrected chi connectivity index (χ0v) is 10.2. The van der Waals surface area contributed by atoms with Crippen LogP contribution in [0.3, 0.4) is 0 Å². The SMILES string of the molecule is CC(C)C1CCCCC1NS(=O)(=O)Cl. The highest BCUT2D eigenvalue weighted by Gasteiger charge is 2.29. The third-order valence-electron chi connectivity index (χ3n) is 2.97. The largest absolute Gasteiger partial charge is 0.297 e. The minimum Gasteiger partial charge on any atom is -0.199 e. The second kappa shape index (κ2) is 4.81. The Morgan fingerprint density at radius 3 is 2.36 bits per heavy atom. The van der Waals surface area contributed by atoms with Gasteiger partial charge in [-0.2, -0.15) is 13.1 Å². The van der Waals surface area contributed by atoms with Crippen molar-refractivity contribution in [1.82, 2.24) is 4.72 Å². The van der Waals surface area contributed by atoms with Crippen molar-refractivity contribution in [3.8, 4) is 0 Å². The molecule has 1 rings (SSSR count).